The highest BCUT2D eigenvalue weighted by molar-refractivity contribution is 7.92. The number of methoxy groups -OCH3 is 1. The van der Waals surface area contributed by atoms with Crippen LogP contribution in [0.4, 0.5) is 14.5 Å². The second kappa shape index (κ2) is 7.98. The van der Waals surface area contributed by atoms with E-state index in [4.69, 9.17) is 4.74 Å². The van der Waals surface area contributed by atoms with Crippen LogP contribution in [0, 0.1) is 18.6 Å². The van der Waals surface area contributed by atoms with Gasteiger partial charge in [-0.25, -0.2) is 17.2 Å². The monoisotopic (exact) mass is 403 g/mol. The minimum atomic E-state index is -4.04. The van der Waals surface area contributed by atoms with Crippen molar-refractivity contribution in [2.24, 2.45) is 0 Å². The molecule has 0 aliphatic carbocycles. The topological polar surface area (TPSA) is 46.6 Å². The highest BCUT2D eigenvalue weighted by Gasteiger charge is 2.27. The summed E-state index contributed by atoms with van der Waals surface area (Å²) in [6, 6.07) is 16.0. The molecule has 28 heavy (non-hydrogen) atoms. The zero-order valence-corrected chi connectivity index (χ0v) is 16.2. The van der Waals surface area contributed by atoms with E-state index in [1.807, 2.05) is 13.0 Å². The van der Waals surface area contributed by atoms with Gasteiger partial charge < -0.3 is 4.74 Å². The van der Waals surface area contributed by atoms with Crippen molar-refractivity contribution < 1.29 is 21.9 Å². The summed E-state index contributed by atoms with van der Waals surface area (Å²) in [5.74, 6) is -1.14. The molecule has 0 atom stereocenters. The summed E-state index contributed by atoms with van der Waals surface area (Å²) in [6.45, 7) is 1.55. The van der Waals surface area contributed by atoms with Crippen molar-refractivity contribution in [2.75, 3.05) is 11.4 Å². The molecular formula is C21H19F2NO3S. The first-order chi connectivity index (χ1) is 13.3. The van der Waals surface area contributed by atoms with Crippen LogP contribution in [0.1, 0.15) is 11.1 Å². The number of benzene rings is 3. The number of aryl methyl sites for hydroxylation is 1. The standard InChI is InChI=1S/C21H19F2NO3S/c1-15-5-3-6-18(11-15)24(14-16-9-10-17(22)12-21(16)23)28(25,26)20-8-4-7-19(13-20)27-2/h3-13H,14H2,1-2H3. The van der Waals surface area contributed by atoms with E-state index in [0.29, 0.717) is 11.4 Å². The fourth-order valence-electron chi connectivity index (χ4n) is 2.79. The van der Waals surface area contributed by atoms with Crippen molar-refractivity contribution in [3.8, 4) is 5.75 Å². The van der Waals surface area contributed by atoms with Crippen LogP contribution < -0.4 is 9.04 Å². The molecule has 0 N–H and O–H groups in total. The van der Waals surface area contributed by atoms with Crippen LogP contribution in [0.15, 0.2) is 71.6 Å². The number of hydrogen-bond donors (Lipinski definition) is 0. The second-order valence-electron chi connectivity index (χ2n) is 6.27. The van der Waals surface area contributed by atoms with Crippen LogP contribution in [-0.2, 0) is 16.6 Å². The molecule has 0 unspecified atom stereocenters. The Bertz CT molecular complexity index is 1100. The van der Waals surface area contributed by atoms with Crippen molar-refractivity contribution in [2.45, 2.75) is 18.4 Å². The van der Waals surface area contributed by atoms with Crippen molar-refractivity contribution in [3.63, 3.8) is 0 Å². The van der Waals surface area contributed by atoms with Gasteiger partial charge in [0.25, 0.3) is 10.0 Å². The number of nitrogens with zero attached hydrogens (tertiary/aromatic N) is 1. The molecular weight excluding hydrogens is 384 g/mol. The third-order valence-electron chi connectivity index (χ3n) is 4.25. The average molecular weight is 403 g/mol. The lowest BCUT2D eigenvalue weighted by Gasteiger charge is -2.25. The molecule has 146 valence electrons. The Balaban J connectivity index is 2.12. The molecule has 4 nitrogen and oxygen atoms in total. The largest absolute Gasteiger partial charge is 0.497 e. The molecule has 0 heterocycles. The van der Waals surface area contributed by atoms with Crippen LogP contribution in [0.5, 0.6) is 5.75 Å². The van der Waals surface area contributed by atoms with E-state index in [2.05, 4.69) is 0 Å². The van der Waals surface area contributed by atoms with Gasteiger partial charge in [0, 0.05) is 17.7 Å². The maximum atomic E-state index is 14.2. The Morgan fingerprint density at radius 1 is 0.964 bits per heavy atom. The number of anilines is 1. The van der Waals surface area contributed by atoms with E-state index in [-0.39, 0.29) is 17.0 Å². The lowest BCUT2D eigenvalue weighted by atomic mass is 10.2. The third-order valence-corrected chi connectivity index (χ3v) is 6.02. The van der Waals surface area contributed by atoms with Gasteiger partial charge >= 0.3 is 0 Å². The number of hydrogen-bond acceptors (Lipinski definition) is 3. The summed E-state index contributed by atoms with van der Waals surface area (Å²) in [5, 5.41) is 0. The SMILES string of the molecule is COc1cccc(S(=O)(=O)N(Cc2ccc(F)cc2F)c2cccc(C)c2)c1. The van der Waals surface area contributed by atoms with E-state index in [1.165, 1.54) is 25.3 Å². The van der Waals surface area contributed by atoms with Crippen molar-refractivity contribution in [1.82, 2.24) is 0 Å². The molecule has 3 aromatic carbocycles. The fourth-order valence-corrected chi connectivity index (χ4v) is 4.26. The molecule has 0 aliphatic heterocycles. The first-order valence-corrected chi connectivity index (χ1v) is 9.92. The molecule has 0 saturated heterocycles. The van der Waals surface area contributed by atoms with Crippen molar-refractivity contribution in [1.29, 1.82) is 0 Å². The van der Waals surface area contributed by atoms with Gasteiger partial charge in [-0.05, 0) is 42.8 Å². The third kappa shape index (κ3) is 4.14. The maximum absolute atomic E-state index is 14.2. The van der Waals surface area contributed by atoms with Crippen molar-refractivity contribution >= 4 is 15.7 Å². The van der Waals surface area contributed by atoms with E-state index in [9.17, 15) is 17.2 Å². The predicted octanol–water partition coefficient (Wildman–Crippen LogP) is 4.68. The Hall–Kier alpha value is -2.93. The Morgan fingerprint density at radius 2 is 1.71 bits per heavy atom. The minimum absolute atomic E-state index is 0.0101. The molecule has 0 bridgehead atoms. The van der Waals surface area contributed by atoms with Gasteiger partial charge in [-0.2, -0.15) is 0 Å². The van der Waals surface area contributed by atoms with Gasteiger partial charge in [0.1, 0.15) is 17.4 Å². The molecule has 0 amide bonds. The van der Waals surface area contributed by atoms with Gasteiger partial charge in [0.2, 0.25) is 0 Å². The highest BCUT2D eigenvalue weighted by Crippen LogP contribution is 2.29. The molecule has 3 aromatic rings. The van der Waals surface area contributed by atoms with Gasteiger partial charge in [-0.1, -0.05) is 24.3 Å². The lowest BCUT2D eigenvalue weighted by Crippen LogP contribution is -2.31. The number of sulfonamides is 1. The van der Waals surface area contributed by atoms with Crippen LogP contribution in [0.3, 0.4) is 0 Å². The summed E-state index contributed by atoms with van der Waals surface area (Å²) in [5.41, 5.74) is 1.30. The number of halogens is 2. The minimum Gasteiger partial charge on any atom is -0.497 e. The van der Waals surface area contributed by atoms with Crippen LogP contribution >= 0.6 is 0 Å². The lowest BCUT2D eigenvalue weighted by molar-refractivity contribution is 0.413. The Labute approximate surface area is 163 Å². The molecule has 0 radical (unpaired) electrons. The van der Waals surface area contributed by atoms with E-state index >= 15 is 0 Å². The molecule has 0 saturated carbocycles. The van der Waals surface area contributed by atoms with Gasteiger partial charge in [-0.3, -0.25) is 4.31 Å². The number of rotatable bonds is 6. The van der Waals surface area contributed by atoms with Gasteiger partial charge in [0.05, 0.1) is 24.2 Å². The van der Waals surface area contributed by atoms with Crippen LogP contribution in [0.25, 0.3) is 0 Å². The summed E-state index contributed by atoms with van der Waals surface area (Å²) in [6.07, 6.45) is 0. The highest BCUT2D eigenvalue weighted by atomic mass is 32.2. The van der Waals surface area contributed by atoms with Crippen molar-refractivity contribution in [3.05, 3.63) is 89.5 Å². The van der Waals surface area contributed by atoms with Crippen LogP contribution in [0.2, 0.25) is 0 Å². The molecule has 0 fully saturated rings. The molecule has 0 spiro atoms. The number of ether oxygens (including phenoxy) is 1. The van der Waals surface area contributed by atoms with E-state index < -0.39 is 21.7 Å². The average Bonchev–Trinajstić information content (AvgIpc) is 2.67. The maximum Gasteiger partial charge on any atom is 0.264 e. The zero-order valence-electron chi connectivity index (χ0n) is 15.4. The Kier molecular flexibility index (Phi) is 5.65. The quantitative estimate of drug-likeness (QED) is 0.601. The predicted molar refractivity (Wildman–Crippen MR) is 104 cm³/mol. The first kappa shape index (κ1) is 19.8. The summed E-state index contributed by atoms with van der Waals surface area (Å²) in [7, 11) is -2.59. The summed E-state index contributed by atoms with van der Waals surface area (Å²) >= 11 is 0. The molecule has 0 aromatic heterocycles. The summed E-state index contributed by atoms with van der Waals surface area (Å²) in [4.78, 5) is 0.0101. The van der Waals surface area contributed by atoms with Gasteiger partial charge in [-0.15, -0.1) is 0 Å². The normalized spacial score (nSPS) is 11.3. The van der Waals surface area contributed by atoms with E-state index in [0.717, 1.165) is 22.0 Å². The molecule has 3 rings (SSSR count). The second-order valence-corrected chi connectivity index (χ2v) is 8.13. The molecule has 7 heteroatoms. The van der Waals surface area contributed by atoms with Crippen LogP contribution in [-0.4, -0.2) is 15.5 Å². The zero-order chi connectivity index (χ0) is 20.3. The first-order valence-electron chi connectivity index (χ1n) is 8.48. The fraction of sp³-hybridized carbons (Fsp3) is 0.143. The smallest absolute Gasteiger partial charge is 0.264 e. The van der Waals surface area contributed by atoms with E-state index in [1.54, 1.807) is 30.3 Å². The summed E-state index contributed by atoms with van der Waals surface area (Å²) < 4.78 is 60.5. The van der Waals surface area contributed by atoms with Gasteiger partial charge in [0.15, 0.2) is 0 Å². The molecule has 0 aliphatic rings. The Morgan fingerprint density at radius 3 is 2.39 bits per heavy atom.